The molecule has 104 valence electrons. The predicted molar refractivity (Wildman–Crippen MR) is 81.6 cm³/mol. The van der Waals surface area contributed by atoms with Crippen LogP contribution in [-0.4, -0.2) is 12.0 Å². The summed E-state index contributed by atoms with van der Waals surface area (Å²) in [4.78, 5) is 10.1. The van der Waals surface area contributed by atoms with E-state index >= 15 is 0 Å². The Morgan fingerprint density at radius 2 is 1.60 bits per heavy atom. The van der Waals surface area contributed by atoms with Crippen LogP contribution in [0.15, 0.2) is 45.3 Å². The Bertz CT molecular complexity index is 644. The molecule has 0 bridgehead atoms. The number of benzene rings is 2. The molecule has 0 heterocycles. The smallest absolute Gasteiger partial charge is 0.269 e. The monoisotopic (exact) mass is 401 g/mol. The van der Waals surface area contributed by atoms with E-state index in [4.69, 9.17) is 9.47 Å². The highest BCUT2D eigenvalue weighted by Gasteiger charge is 2.11. The van der Waals surface area contributed by atoms with Gasteiger partial charge in [-0.3, -0.25) is 10.1 Å². The fourth-order valence-corrected chi connectivity index (χ4v) is 2.16. The van der Waals surface area contributed by atoms with Crippen LogP contribution in [0.1, 0.15) is 0 Å². The highest BCUT2D eigenvalue weighted by molar-refractivity contribution is 9.13. The van der Waals surface area contributed by atoms with E-state index in [0.717, 1.165) is 8.95 Å². The molecule has 0 radical (unpaired) electrons. The van der Waals surface area contributed by atoms with Gasteiger partial charge in [-0.05, 0) is 56.1 Å². The Labute approximate surface area is 131 Å². The Balaban J connectivity index is 2.29. The number of ether oxygens (including phenoxy) is 2. The van der Waals surface area contributed by atoms with Crippen molar-refractivity contribution in [3.05, 3.63) is 55.5 Å². The second-order valence-corrected chi connectivity index (χ2v) is 5.48. The summed E-state index contributed by atoms with van der Waals surface area (Å²) in [6.45, 7) is 0. The summed E-state index contributed by atoms with van der Waals surface area (Å²) in [6, 6.07) is 9.36. The number of rotatable bonds is 4. The van der Waals surface area contributed by atoms with Gasteiger partial charge < -0.3 is 9.47 Å². The summed E-state index contributed by atoms with van der Waals surface area (Å²) in [5, 5.41) is 10.6. The van der Waals surface area contributed by atoms with Crippen LogP contribution in [0, 0.1) is 10.1 Å². The molecule has 0 atom stereocenters. The van der Waals surface area contributed by atoms with E-state index in [9.17, 15) is 10.1 Å². The average molecular weight is 403 g/mol. The van der Waals surface area contributed by atoms with Gasteiger partial charge in [-0.1, -0.05) is 0 Å². The Hall–Kier alpha value is -1.60. The first-order valence-corrected chi connectivity index (χ1v) is 7.05. The van der Waals surface area contributed by atoms with E-state index in [-0.39, 0.29) is 5.69 Å². The van der Waals surface area contributed by atoms with Crippen molar-refractivity contribution in [2.75, 3.05) is 7.11 Å². The Morgan fingerprint density at radius 1 is 1.05 bits per heavy atom. The average Bonchev–Trinajstić information content (AvgIpc) is 2.43. The lowest BCUT2D eigenvalue weighted by molar-refractivity contribution is -0.384. The highest BCUT2D eigenvalue weighted by atomic mass is 79.9. The Kier molecular flexibility index (Phi) is 4.61. The minimum atomic E-state index is -0.458. The van der Waals surface area contributed by atoms with Crippen LogP contribution < -0.4 is 9.47 Å². The van der Waals surface area contributed by atoms with Crippen molar-refractivity contribution in [2.45, 2.75) is 0 Å². The first-order chi connectivity index (χ1) is 9.51. The van der Waals surface area contributed by atoms with Gasteiger partial charge in [-0.2, -0.15) is 0 Å². The number of nitro groups is 1. The number of halogens is 2. The SMILES string of the molecule is COc1cc(Br)c(Br)cc1Oc1ccc([N+](=O)[O-])cc1. The first-order valence-electron chi connectivity index (χ1n) is 5.46. The fraction of sp³-hybridized carbons (Fsp3) is 0.0769. The van der Waals surface area contributed by atoms with E-state index in [1.54, 1.807) is 19.2 Å². The molecule has 0 spiro atoms. The summed E-state index contributed by atoms with van der Waals surface area (Å²) in [7, 11) is 1.54. The molecule has 20 heavy (non-hydrogen) atoms. The lowest BCUT2D eigenvalue weighted by Gasteiger charge is -2.11. The zero-order valence-electron chi connectivity index (χ0n) is 10.3. The number of hydrogen-bond donors (Lipinski definition) is 0. The lowest BCUT2D eigenvalue weighted by atomic mass is 10.3. The third-order valence-electron chi connectivity index (χ3n) is 2.48. The van der Waals surface area contributed by atoms with Gasteiger partial charge in [0.05, 0.1) is 12.0 Å². The molecule has 0 amide bonds. The van der Waals surface area contributed by atoms with Crippen LogP contribution in [0.4, 0.5) is 5.69 Å². The third-order valence-corrected chi connectivity index (χ3v) is 4.33. The van der Waals surface area contributed by atoms with Crippen LogP contribution in [0.3, 0.4) is 0 Å². The van der Waals surface area contributed by atoms with Crippen LogP contribution in [-0.2, 0) is 0 Å². The maximum atomic E-state index is 10.6. The number of non-ortho nitro benzene ring substituents is 1. The molecule has 5 nitrogen and oxygen atoms in total. The molecule has 0 saturated carbocycles. The molecular formula is C13H9Br2NO4. The van der Waals surface area contributed by atoms with Crippen molar-refractivity contribution < 1.29 is 14.4 Å². The van der Waals surface area contributed by atoms with Crippen LogP contribution in [0.5, 0.6) is 17.2 Å². The van der Waals surface area contributed by atoms with Crippen molar-refractivity contribution in [1.82, 2.24) is 0 Å². The zero-order chi connectivity index (χ0) is 14.7. The molecule has 7 heteroatoms. The number of nitrogens with zero attached hydrogens (tertiary/aromatic N) is 1. The maximum Gasteiger partial charge on any atom is 0.269 e. The summed E-state index contributed by atoms with van der Waals surface area (Å²) in [5.74, 6) is 1.55. The van der Waals surface area contributed by atoms with Gasteiger partial charge in [0.1, 0.15) is 5.75 Å². The van der Waals surface area contributed by atoms with E-state index in [1.807, 2.05) is 0 Å². The first kappa shape index (κ1) is 14.8. The van der Waals surface area contributed by atoms with Crippen molar-refractivity contribution in [2.24, 2.45) is 0 Å². The van der Waals surface area contributed by atoms with Crippen LogP contribution >= 0.6 is 31.9 Å². The maximum absolute atomic E-state index is 10.6. The molecule has 0 aliphatic heterocycles. The van der Waals surface area contributed by atoms with Gasteiger partial charge >= 0.3 is 0 Å². The van der Waals surface area contributed by atoms with Gasteiger partial charge in [0, 0.05) is 21.1 Å². The zero-order valence-corrected chi connectivity index (χ0v) is 13.5. The minimum absolute atomic E-state index is 0.0151. The van der Waals surface area contributed by atoms with Crippen LogP contribution in [0.25, 0.3) is 0 Å². The predicted octanol–water partition coefficient (Wildman–Crippen LogP) is 4.92. The van der Waals surface area contributed by atoms with Crippen molar-refractivity contribution >= 4 is 37.5 Å². The third kappa shape index (κ3) is 3.29. The van der Waals surface area contributed by atoms with Gasteiger partial charge in [-0.15, -0.1) is 0 Å². The molecule has 0 aliphatic carbocycles. The van der Waals surface area contributed by atoms with Crippen molar-refractivity contribution in [3.8, 4) is 17.2 Å². The molecule has 0 N–H and O–H groups in total. The molecule has 0 saturated heterocycles. The van der Waals surface area contributed by atoms with Gasteiger partial charge in [0.25, 0.3) is 5.69 Å². The van der Waals surface area contributed by atoms with Crippen molar-refractivity contribution in [3.63, 3.8) is 0 Å². The van der Waals surface area contributed by atoms with Gasteiger partial charge in [-0.25, -0.2) is 0 Å². The highest BCUT2D eigenvalue weighted by Crippen LogP contribution is 2.38. The summed E-state index contributed by atoms with van der Waals surface area (Å²) in [5.41, 5.74) is 0.0151. The van der Waals surface area contributed by atoms with Crippen LogP contribution in [0.2, 0.25) is 0 Å². The Morgan fingerprint density at radius 3 is 2.10 bits per heavy atom. The number of hydrogen-bond acceptors (Lipinski definition) is 4. The fourth-order valence-electron chi connectivity index (χ4n) is 1.51. The summed E-state index contributed by atoms with van der Waals surface area (Å²) >= 11 is 6.76. The molecule has 2 rings (SSSR count). The van der Waals surface area contributed by atoms with Gasteiger partial charge in [0.15, 0.2) is 11.5 Å². The quantitative estimate of drug-likeness (QED) is 0.537. The molecular weight excluding hydrogens is 394 g/mol. The molecule has 0 fully saturated rings. The summed E-state index contributed by atoms with van der Waals surface area (Å²) in [6.07, 6.45) is 0. The van der Waals surface area contributed by atoms with E-state index in [2.05, 4.69) is 31.9 Å². The molecule has 0 unspecified atom stereocenters. The van der Waals surface area contributed by atoms with E-state index in [1.165, 1.54) is 24.3 Å². The molecule has 0 aromatic heterocycles. The minimum Gasteiger partial charge on any atom is -0.493 e. The van der Waals surface area contributed by atoms with Crippen molar-refractivity contribution in [1.29, 1.82) is 0 Å². The lowest BCUT2D eigenvalue weighted by Crippen LogP contribution is -1.92. The molecule has 2 aromatic rings. The van der Waals surface area contributed by atoms with E-state index in [0.29, 0.717) is 17.2 Å². The molecule has 0 aliphatic rings. The normalized spacial score (nSPS) is 10.2. The van der Waals surface area contributed by atoms with E-state index < -0.39 is 4.92 Å². The topological polar surface area (TPSA) is 61.6 Å². The summed E-state index contributed by atoms with van der Waals surface area (Å²) < 4.78 is 12.6. The number of nitro benzene ring substituents is 1. The largest absolute Gasteiger partial charge is 0.493 e. The molecule has 2 aromatic carbocycles. The standard InChI is InChI=1S/C13H9Br2NO4/c1-19-12-6-10(14)11(15)7-13(12)20-9-4-2-8(3-5-9)16(17)18/h2-7H,1H3. The second kappa shape index (κ2) is 6.23. The number of methoxy groups -OCH3 is 1. The van der Waals surface area contributed by atoms with Gasteiger partial charge in [0.2, 0.25) is 0 Å². The second-order valence-electron chi connectivity index (χ2n) is 3.77.